The molecule has 0 unspecified atom stereocenters. The molecule has 3 aromatic rings. The number of hydrogen-bond donors (Lipinski definition) is 0. The van der Waals surface area contributed by atoms with E-state index in [-0.39, 0.29) is 11.9 Å². The van der Waals surface area contributed by atoms with Crippen LogP contribution in [0.2, 0.25) is 0 Å². The van der Waals surface area contributed by atoms with Crippen LogP contribution in [0, 0.1) is 0 Å². The Morgan fingerprint density at radius 1 is 0.913 bits per heavy atom. The third kappa shape index (κ3) is 3.54. The molecular formula is C19H16BrNOS. The lowest BCUT2D eigenvalue weighted by atomic mass is 9.97. The van der Waals surface area contributed by atoms with Crippen molar-refractivity contribution in [3.63, 3.8) is 0 Å². The van der Waals surface area contributed by atoms with Crippen molar-refractivity contribution in [1.82, 2.24) is 4.90 Å². The molecule has 23 heavy (non-hydrogen) atoms. The van der Waals surface area contributed by atoms with Crippen LogP contribution in [-0.4, -0.2) is 17.9 Å². The topological polar surface area (TPSA) is 20.3 Å². The SMILES string of the molecule is CN(C(=O)c1ccc(Br)s1)C(c1ccccc1)c1ccccc1. The van der Waals surface area contributed by atoms with E-state index in [1.807, 2.05) is 60.5 Å². The molecule has 0 spiro atoms. The van der Waals surface area contributed by atoms with Gasteiger partial charge in [-0.3, -0.25) is 4.79 Å². The molecule has 0 saturated heterocycles. The van der Waals surface area contributed by atoms with E-state index in [1.165, 1.54) is 11.3 Å². The van der Waals surface area contributed by atoms with E-state index in [9.17, 15) is 4.79 Å². The molecule has 0 fully saturated rings. The van der Waals surface area contributed by atoms with Crippen molar-refractivity contribution >= 4 is 33.2 Å². The van der Waals surface area contributed by atoms with Crippen LogP contribution in [0.1, 0.15) is 26.8 Å². The molecule has 0 bridgehead atoms. The van der Waals surface area contributed by atoms with Gasteiger partial charge >= 0.3 is 0 Å². The highest BCUT2D eigenvalue weighted by Crippen LogP contribution is 2.30. The number of thiophene rings is 1. The predicted molar refractivity (Wildman–Crippen MR) is 98.8 cm³/mol. The maximum absolute atomic E-state index is 12.9. The van der Waals surface area contributed by atoms with Gasteiger partial charge in [-0.05, 0) is 39.2 Å². The summed E-state index contributed by atoms with van der Waals surface area (Å²) >= 11 is 4.88. The summed E-state index contributed by atoms with van der Waals surface area (Å²) < 4.78 is 0.963. The number of rotatable bonds is 4. The largest absolute Gasteiger partial charge is 0.330 e. The van der Waals surface area contributed by atoms with Gasteiger partial charge < -0.3 is 4.90 Å². The van der Waals surface area contributed by atoms with Gasteiger partial charge in [0.05, 0.1) is 14.7 Å². The predicted octanol–water partition coefficient (Wildman–Crippen LogP) is 5.37. The molecule has 0 N–H and O–H groups in total. The Labute approximate surface area is 148 Å². The van der Waals surface area contributed by atoms with Crippen LogP contribution >= 0.6 is 27.3 Å². The summed E-state index contributed by atoms with van der Waals surface area (Å²) in [6, 6.07) is 23.9. The Hall–Kier alpha value is -1.91. The minimum Gasteiger partial charge on any atom is -0.330 e. The molecule has 0 aliphatic carbocycles. The van der Waals surface area contributed by atoms with Crippen molar-refractivity contribution in [2.45, 2.75) is 6.04 Å². The lowest BCUT2D eigenvalue weighted by Gasteiger charge is -2.29. The molecule has 0 atom stereocenters. The van der Waals surface area contributed by atoms with Crippen molar-refractivity contribution in [2.75, 3.05) is 7.05 Å². The normalized spacial score (nSPS) is 10.7. The molecule has 2 aromatic carbocycles. The first kappa shape index (κ1) is 16.0. The molecule has 0 radical (unpaired) electrons. The van der Waals surface area contributed by atoms with E-state index in [1.54, 1.807) is 0 Å². The van der Waals surface area contributed by atoms with Gasteiger partial charge in [0.15, 0.2) is 0 Å². The van der Waals surface area contributed by atoms with E-state index in [2.05, 4.69) is 40.2 Å². The average Bonchev–Trinajstić information content (AvgIpc) is 3.03. The Balaban J connectivity index is 2.00. The molecule has 1 aromatic heterocycles. The molecular weight excluding hydrogens is 370 g/mol. The zero-order valence-electron chi connectivity index (χ0n) is 12.6. The van der Waals surface area contributed by atoms with Gasteiger partial charge in [0.1, 0.15) is 0 Å². The number of carbonyl (C=O) groups excluding carboxylic acids is 1. The lowest BCUT2D eigenvalue weighted by molar-refractivity contribution is 0.0760. The number of carbonyl (C=O) groups is 1. The highest BCUT2D eigenvalue weighted by atomic mass is 79.9. The summed E-state index contributed by atoms with van der Waals surface area (Å²) in [5.74, 6) is 0.0263. The van der Waals surface area contributed by atoms with Crippen molar-refractivity contribution < 1.29 is 4.79 Å². The molecule has 4 heteroatoms. The Kier molecular flexibility index (Phi) is 4.94. The molecule has 0 saturated carbocycles. The van der Waals surface area contributed by atoms with Crippen molar-refractivity contribution in [2.24, 2.45) is 0 Å². The standard InChI is InChI=1S/C19H16BrNOS/c1-21(19(22)16-12-13-17(20)23-16)18(14-8-4-2-5-9-14)15-10-6-3-7-11-15/h2-13,18H,1H3. The average molecular weight is 386 g/mol. The van der Waals surface area contributed by atoms with Crippen LogP contribution < -0.4 is 0 Å². The fourth-order valence-electron chi connectivity index (χ4n) is 2.63. The third-order valence-electron chi connectivity index (χ3n) is 3.72. The third-order valence-corrected chi connectivity index (χ3v) is 5.33. The van der Waals surface area contributed by atoms with E-state index < -0.39 is 0 Å². The zero-order valence-corrected chi connectivity index (χ0v) is 15.0. The molecule has 3 rings (SSSR count). The second-order valence-electron chi connectivity index (χ2n) is 5.24. The van der Waals surface area contributed by atoms with Gasteiger partial charge in [0, 0.05) is 7.05 Å². The van der Waals surface area contributed by atoms with Crippen LogP contribution in [-0.2, 0) is 0 Å². The zero-order chi connectivity index (χ0) is 16.2. The quantitative estimate of drug-likeness (QED) is 0.590. The molecule has 1 heterocycles. The minimum absolute atomic E-state index is 0.0263. The molecule has 0 aliphatic rings. The van der Waals surface area contributed by atoms with Crippen molar-refractivity contribution in [3.8, 4) is 0 Å². The summed E-state index contributed by atoms with van der Waals surface area (Å²) in [6.07, 6.45) is 0. The Morgan fingerprint density at radius 2 is 1.43 bits per heavy atom. The molecule has 2 nitrogen and oxygen atoms in total. The first-order valence-electron chi connectivity index (χ1n) is 7.29. The van der Waals surface area contributed by atoms with E-state index >= 15 is 0 Å². The fraction of sp³-hybridized carbons (Fsp3) is 0.105. The maximum Gasteiger partial charge on any atom is 0.264 e. The maximum atomic E-state index is 12.9. The second-order valence-corrected chi connectivity index (χ2v) is 7.71. The number of halogens is 1. The van der Waals surface area contributed by atoms with Crippen molar-refractivity contribution in [3.05, 3.63) is 92.6 Å². The monoisotopic (exact) mass is 385 g/mol. The fourth-order valence-corrected chi connectivity index (χ4v) is 4.00. The van der Waals surface area contributed by atoms with Gasteiger partial charge in [-0.1, -0.05) is 60.7 Å². The van der Waals surface area contributed by atoms with E-state index in [4.69, 9.17) is 0 Å². The van der Waals surface area contributed by atoms with Crippen LogP contribution in [0.5, 0.6) is 0 Å². The number of amides is 1. The highest BCUT2D eigenvalue weighted by molar-refractivity contribution is 9.11. The van der Waals surface area contributed by atoms with Crippen LogP contribution in [0.25, 0.3) is 0 Å². The Morgan fingerprint density at radius 3 is 1.87 bits per heavy atom. The summed E-state index contributed by atoms with van der Waals surface area (Å²) in [7, 11) is 1.86. The molecule has 116 valence electrons. The van der Waals surface area contributed by atoms with Gasteiger partial charge in [0.25, 0.3) is 5.91 Å². The van der Waals surface area contributed by atoms with Crippen LogP contribution in [0.4, 0.5) is 0 Å². The first-order chi connectivity index (χ1) is 11.2. The highest BCUT2D eigenvalue weighted by Gasteiger charge is 2.25. The molecule has 0 aliphatic heterocycles. The van der Waals surface area contributed by atoms with E-state index in [0.29, 0.717) is 0 Å². The number of hydrogen-bond acceptors (Lipinski definition) is 2. The summed E-state index contributed by atoms with van der Waals surface area (Å²) in [4.78, 5) is 15.4. The van der Waals surface area contributed by atoms with E-state index in [0.717, 1.165) is 19.8 Å². The number of benzene rings is 2. The van der Waals surface area contributed by atoms with Crippen LogP contribution in [0.3, 0.4) is 0 Å². The first-order valence-corrected chi connectivity index (χ1v) is 8.90. The number of nitrogens with zero attached hydrogens (tertiary/aromatic N) is 1. The van der Waals surface area contributed by atoms with Crippen LogP contribution in [0.15, 0.2) is 76.6 Å². The van der Waals surface area contributed by atoms with Gasteiger partial charge in [-0.25, -0.2) is 0 Å². The van der Waals surface area contributed by atoms with Crippen molar-refractivity contribution in [1.29, 1.82) is 0 Å². The Bertz CT molecular complexity index is 746. The minimum atomic E-state index is -0.106. The smallest absolute Gasteiger partial charge is 0.264 e. The lowest BCUT2D eigenvalue weighted by Crippen LogP contribution is -2.31. The second kappa shape index (κ2) is 7.11. The van der Waals surface area contributed by atoms with Gasteiger partial charge in [-0.2, -0.15) is 0 Å². The summed E-state index contributed by atoms with van der Waals surface area (Å²) in [6.45, 7) is 0. The summed E-state index contributed by atoms with van der Waals surface area (Å²) in [5.41, 5.74) is 2.20. The van der Waals surface area contributed by atoms with Gasteiger partial charge in [0.2, 0.25) is 0 Å². The molecule has 1 amide bonds. The summed E-state index contributed by atoms with van der Waals surface area (Å²) in [5, 5.41) is 0. The van der Waals surface area contributed by atoms with Gasteiger partial charge in [-0.15, -0.1) is 11.3 Å².